The predicted octanol–water partition coefficient (Wildman–Crippen LogP) is 2.43. The van der Waals surface area contributed by atoms with E-state index in [4.69, 9.17) is 10.5 Å². The second kappa shape index (κ2) is 4.70. The highest BCUT2D eigenvalue weighted by Gasteiger charge is 2.25. The molecule has 0 saturated heterocycles. The first-order chi connectivity index (χ1) is 7.32. The SMILES string of the molecule is CC(Oc1ccccc1C(N)=O)[Si](C)(C)C. The van der Waals surface area contributed by atoms with Crippen LogP contribution in [0.3, 0.4) is 0 Å². The Hall–Kier alpha value is -1.29. The summed E-state index contributed by atoms with van der Waals surface area (Å²) in [5.41, 5.74) is 5.89. The summed E-state index contributed by atoms with van der Waals surface area (Å²) in [6.45, 7) is 8.73. The Labute approximate surface area is 97.6 Å². The molecule has 4 heteroatoms. The molecule has 1 aromatic rings. The van der Waals surface area contributed by atoms with Gasteiger partial charge in [-0.1, -0.05) is 31.8 Å². The molecule has 0 saturated carbocycles. The maximum Gasteiger partial charge on any atom is 0.252 e. The van der Waals surface area contributed by atoms with Crippen molar-refractivity contribution in [1.29, 1.82) is 0 Å². The Bertz CT molecular complexity index is 385. The predicted molar refractivity (Wildman–Crippen MR) is 68.4 cm³/mol. The van der Waals surface area contributed by atoms with Crippen molar-refractivity contribution in [2.24, 2.45) is 5.73 Å². The molecule has 0 aliphatic heterocycles. The molecule has 88 valence electrons. The zero-order valence-electron chi connectivity index (χ0n) is 10.3. The van der Waals surface area contributed by atoms with Gasteiger partial charge >= 0.3 is 0 Å². The first-order valence-electron chi connectivity index (χ1n) is 5.38. The van der Waals surface area contributed by atoms with E-state index >= 15 is 0 Å². The molecule has 0 bridgehead atoms. The number of ether oxygens (including phenoxy) is 1. The summed E-state index contributed by atoms with van der Waals surface area (Å²) in [5, 5.41) is 0. The second-order valence-corrected chi connectivity index (χ2v) is 10.5. The highest BCUT2D eigenvalue weighted by molar-refractivity contribution is 6.77. The van der Waals surface area contributed by atoms with Gasteiger partial charge in [-0.3, -0.25) is 4.79 Å². The number of rotatable bonds is 4. The van der Waals surface area contributed by atoms with Crippen molar-refractivity contribution in [1.82, 2.24) is 0 Å². The number of hydrogen-bond acceptors (Lipinski definition) is 2. The van der Waals surface area contributed by atoms with Crippen molar-refractivity contribution >= 4 is 14.0 Å². The smallest absolute Gasteiger partial charge is 0.252 e. The summed E-state index contributed by atoms with van der Waals surface area (Å²) in [4.78, 5) is 11.2. The third kappa shape index (κ3) is 3.10. The van der Waals surface area contributed by atoms with Crippen LogP contribution in [0.5, 0.6) is 5.75 Å². The Kier molecular flexibility index (Phi) is 3.75. The van der Waals surface area contributed by atoms with Crippen LogP contribution in [0.4, 0.5) is 0 Å². The van der Waals surface area contributed by atoms with E-state index in [1.807, 2.05) is 13.0 Å². The zero-order chi connectivity index (χ0) is 12.3. The lowest BCUT2D eigenvalue weighted by Gasteiger charge is -2.26. The third-order valence-corrected chi connectivity index (χ3v) is 5.23. The summed E-state index contributed by atoms with van der Waals surface area (Å²) < 4.78 is 5.83. The van der Waals surface area contributed by atoms with Crippen LogP contribution in [0.25, 0.3) is 0 Å². The van der Waals surface area contributed by atoms with Gasteiger partial charge in [-0.2, -0.15) is 0 Å². The molecule has 0 spiro atoms. The molecule has 0 aliphatic carbocycles. The van der Waals surface area contributed by atoms with Crippen LogP contribution in [0.15, 0.2) is 24.3 Å². The van der Waals surface area contributed by atoms with Crippen LogP contribution in [-0.2, 0) is 0 Å². The lowest BCUT2D eigenvalue weighted by atomic mass is 10.2. The fourth-order valence-corrected chi connectivity index (χ4v) is 1.62. The highest BCUT2D eigenvalue weighted by atomic mass is 28.3. The van der Waals surface area contributed by atoms with Crippen LogP contribution < -0.4 is 10.5 Å². The number of nitrogens with two attached hydrogens (primary N) is 1. The minimum atomic E-state index is -1.38. The molecule has 1 unspecified atom stereocenters. The van der Waals surface area contributed by atoms with Crippen molar-refractivity contribution in [3.63, 3.8) is 0 Å². The molecular formula is C12H19NO2Si. The van der Waals surface area contributed by atoms with Gasteiger partial charge < -0.3 is 10.5 Å². The Morgan fingerprint density at radius 3 is 2.38 bits per heavy atom. The minimum Gasteiger partial charge on any atom is -0.494 e. The van der Waals surface area contributed by atoms with Crippen molar-refractivity contribution in [2.75, 3.05) is 0 Å². The quantitative estimate of drug-likeness (QED) is 0.818. The fourth-order valence-electron chi connectivity index (χ4n) is 1.14. The molecule has 1 aromatic carbocycles. The van der Waals surface area contributed by atoms with E-state index in [2.05, 4.69) is 19.6 Å². The maximum absolute atomic E-state index is 11.2. The summed E-state index contributed by atoms with van der Waals surface area (Å²) in [6.07, 6.45) is 0. The zero-order valence-corrected chi connectivity index (χ0v) is 11.3. The molecule has 1 atom stereocenters. The number of para-hydroxylation sites is 1. The molecule has 0 aliphatic rings. The molecule has 2 N–H and O–H groups in total. The maximum atomic E-state index is 11.2. The van der Waals surface area contributed by atoms with Gasteiger partial charge in [-0.25, -0.2) is 0 Å². The normalized spacial score (nSPS) is 13.2. The highest BCUT2D eigenvalue weighted by Crippen LogP contribution is 2.21. The fraction of sp³-hybridized carbons (Fsp3) is 0.417. The van der Waals surface area contributed by atoms with E-state index in [0.29, 0.717) is 11.3 Å². The average Bonchev–Trinajstić information content (AvgIpc) is 2.16. The van der Waals surface area contributed by atoms with E-state index in [0.717, 1.165) is 0 Å². The monoisotopic (exact) mass is 237 g/mol. The molecule has 0 fully saturated rings. The van der Waals surface area contributed by atoms with Gasteiger partial charge in [0.15, 0.2) is 0 Å². The van der Waals surface area contributed by atoms with E-state index < -0.39 is 14.0 Å². The lowest BCUT2D eigenvalue weighted by Crippen LogP contribution is -2.40. The second-order valence-electron chi connectivity index (χ2n) is 4.99. The van der Waals surface area contributed by atoms with Crippen LogP contribution in [-0.4, -0.2) is 19.7 Å². The summed E-state index contributed by atoms with van der Waals surface area (Å²) >= 11 is 0. The van der Waals surface area contributed by atoms with Crippen molar-refractivity contribution in [2.45, 2.75) is 32.3 Å². The number of amides is 1. The van der Waals surface area contributed by atoms with E-state index in [1.54, 1.807) is 18.2 Å². The number of hydrogen-bond donors (Lipinski definition) is 1. The Morgan fingerprint density at radius 1 is 1.31 bits per heavy atom. The standard InChI is InChI=1S/C12H19NO2Si/c1-9(16(2,3)4)15-11-8-6-5-7-10(11)12(13)14/h5-9H,1-4H3,(H2,13,14). The van der Waals surface area contributed by atoms with E-state index in [9.17, 15) is 4.79 Å². The van der Waals surface area contributed by atoms with Gasteiger partial charge in [0.25, 0.3) is 5.91 Å². The molecule has 0 aromatic heterocycles. The summed E-state index contributed by atoms with van der Waals surface area (Å²) in [6, 6.07) is 7.11. The van der Waals surface area contributed by atoms with Gasteiger partial charge in [0.2, 0.25) is 0 Å². The van der Waals surface area contributed by atoms with Crippen LogP contribution in [0.1, 0.15) is 17.3 Å². The topological polar surface area (TPSA) is 52.3 Å². The van der Waals surface area contributed by atoms with Gasteiger partial charge in [0.05, 0.1) is 19.4 Å². The number of primary amides is 1. The molecule has 0 heterocycles. The first-order valence-corrected chi connectivity index (χ1v) is 8.95. The molecular weight excluding hydrogens is 218 g/mol. The molecule has 3 nitrogen and oxygen atoms in total. The van der Waals surface area contributed by atoms with E-state index in [-0.39, 0.29) is 5.73 Å². The Morgan fingerprint density at radius 2 is 1.88 bits per heavy atom. The van der Waals surface area contributed by atoms with Gasteiger partial charge in [0, 0.05) is 0 Å². The van der Waals surface area contributed by atoms with E-state index in [1.165, 1.54) is 0 Å². The van der Waals surface area contributed by atoms with Crippen LogP contribution >= 0.6 is 0 Å². The Balaban J connectivity index is 2.93. The number of benzene rings is 1. The molecule has 1 rings (SSSR count). The lowest BCUT2D eigenvalue weighted by molar-refractivity contribution is 0.0995. The van der Waals surface area contributed by atoms with Crippen LogP contribution in [0, 0.1) is 0 Å². The van der Waals surface area contributed by atoms with Gasteiger partial charge in [-0.15, -0.1) is 0 Å². The third-order valence-electron chi connectivity index (χ3n) is 2.68. The number of carbonyl (C=O) groups is 1. The summed E-state index contributed by atoms with van der Waals surface area (Å²) in [5.74, 6) is 0.142. The summed E-state index contributed by atoms with van der Waals surface area (Å²) in [7, 11) is -1.38. The van der Waals surface area contributed by atoms with Crippen LogP contribution in [0.2, 0.25) is 19.6 Å². The first kappa shape index (κ1) is 12.8. The van der Waals surface area contributed by atoms with Gasteiger partial charge in [-0.05, 0) is 19.1 Å². The molecule has 16 heavy (non-hydrogen) atoms. The number of carbonyl (C=O) groups excluding carboxylic acids is 1. The van der Waals surface area contributed by atoms with Crippen molar-refractivity contribution in [3.8, 4) is 5.75 Å². The van der Waals surface area contributed by atoms with Gasteiger partial charge in [0.1, 0.15) is 5.75 Å². The average molecular weight is 237 g/mol. The minimum absolute atomic E-state index is 0.146. The largest absolute Gasteiger partial charge is 0.494 e. The molecule has 1 amide bonds. The van der Waals surface area contributed by atoms with Crippen molar-refractivity contribution < 1.29 is 9.53 Å². The van der Waals surface area contributed by atoms with Crippen molar-refractivity contribution in [3.05, 3.63) is 29.8 Å². The molecule has 0 radical (unpaired) electrons.